The van der Waals surface area contributed by atoms with Gasteiger partial charge in [-0.3, -0.25) is 20.0 Å². The van der Waals surface area contributed by atoms with Crippen LogP contribution in [0.25, 0.3) is 11.4 Å². The van der Waals surface area contributed by atoms with E-state index >= 15 is 0 Å². The third-order valence-corrected chi connectivity index (χ3v) is 5.04. The normalized spacial score (nSPS) is 10.6. The number of H-pyrrole nitrogens is 1. The van der Waals surface area contributed by atoms with Crippen molar-refractivity contribution in [3.8, 4) is 11.4 Å². The van der Waals surface area contributed by atoms with E-state index in [4.69, 9.17) is 0 Å². The first kappa shape index (κ1) is 20.4. The monoisotopic (exact) mass is 436 g/mol. The van der Waals surface area contributed by atoms with Gasteiger partial charge in [-0.1, -0.05) is 24.3 Å². The third kappa shape index (κ3) is 4.98. The Morgan fingerprint density at radius 3 is 2.71 bits per heavy atom. The van der Waals surface area contributed by atoms with E-state index in [9.17, 15) is 14.0 Å². The maximum absolute atomic E-state index is 13.7. The van der Waals surface area contributed by atoms with Gasteiger partial charge in [-0.15, -0.1) is 11.3 Å². The largest absolute Gasteiger partial charge is 0.326 e. The first-order chi connectivity index (χ1) is 15.0. The summed E-state index contributed by atoms with van der Waals surface area (Å²) < 4.78 is 13.7. The number of nitrogens with one attached hydrogen (secondary N) is 3. The van der Waals surface area contributed by atoms with Crippen molar-refractivity contribution >= 4 is 34.0 Å². The van der Waals surface area contributed by atoms with Gasteiger partial charge in [0, 0.05) is 16.6 Å². The fourth-order valence-corrected chi connectivity index (χ4v) is 3.54. The van der Waals surface area contributed by atoms with Crippen molar-refractivity contribution in [1.82, 2.24) is 20.2 Å². The molecular weight excluding hydrogens is 419 g/mol. The van der Waals surface area contributed by atoms with Crippen molar-refractivity contribution in [3.63, 3.8) is 0 Å². The third-order valence-electron chi connectivity index (χ3n) is 4.23. The molecule has 4 rings (SSSR count). The van der Waals surface area contributed by atoms with Crippen LogP contribution >= 0.6 is 11.3 Å². The van der Waals surface area contributed by atoms with Crippen LogP contribution in [-0.2, 0) is 11.2 Å². The average Bonchev–Trinajstić information content (AvgIpc) is 3.37. The molecule has 3 N–H and O–H groups in total. The summed E-state index contributed by atoms with van der Waals surface area (Å²) in [7, 11) is 0. The number of aryl methyl sites for hydroxylation is 1. The zero-order chi connectivity index (χ0) is 21.8. The van der Waals surface area contributed by atoms with Crippen molar-refractivity contribution in [2.24, 2.45) is 0 Å². The van der Waals surface area contributed by atoms with Gasteiger partial charge in [-0.25, -0.2) is 14.4 Å². The van der Waals surface area contributed by atoms with Crippen molar-refractivity contribution in [2.45, 2.75) is 13.3 Å². The van der Waals surface area contributed by atoms with E-state index < -0.39 is 11.7 Å². The molecular formula is C21H17FN6O2S. The maximum atomic E-state index is 13.7. The number of rotatable bonds is 6. The lowest BCUT2D eigenvalue weighted by Crippen LogP contribution is -2.15. The minimum Gasteiger partial charge on any atom is -0.326 e. The summed E-state index contributed by atoms with van der Waals surface area (Å²) in [6.07, 6.45) is 0.0239. The van der Waals surface area contributed by atoms with Crippen LogP contribution in [0.4, 0.5) is 15.2 Å². The van der Waals surface area contributed by atoms with Crippen molar-refractivity contribution < 1.29 is 14.0 Å². The molecule has 0 atom stereocenters. The number of nitrogens with zero attached hydrogens (tertiary/aromatic N) is 3. The quantitative estimate of drug-likeness (QED) is 0.425. The number of carbonyl (C=O) groups is 2. The second-order valence-corrected chi connectivity index (χ2v) is 7.49. The van der Waals surface area contributed by atoms with E-state index in [0.717, 1.165) is 16.9 Å². The van der Waals surface area contributed by atoms with Gasteiger partial charge in [0.05, 0.1) is 17.7 Å². The highest BCUT2D eigenvalue weighted by atomic mass is 32.1. The van der Waals surface area contributed by atoms with E-state index in [1.165, 1.54) is 18.2 Å². The Labute approximate surface area is 180 Å². The highest BCUT2D eigenvalue weighted by molar-refractivity contribution is 7.14. The van der Waals surface area contributed by atoms with Crippen LogP contribution in [0.1, 0.15) is 21.9 Å². The highest BCUT2D eigenvalue weighted by Gasteiger charge is 2.14. The Kier molecular flexibility index (Phi) is 5.80. The summed E-state index contributed by atoms with van der Waals surface area (Å²) in [6.45, 7) is 1.81. The van der Waals surface area contributed by atoms with E-state index in [-0.39, 0.29) is 23.0 Å². The molecule has 0 fully saturated rings. The van der Waals surface area contributed by atoms with Gasteiger partial charge in [-0.05, 0) is 31.2 Å². The molecule has 2 aromatic carbocycles. The lowest BCUT2D eigenvalue weighted by Gasteiger charge is -2.05. The minimum atomic E-state index is -0.612. The Balaban J connectivity index is 1.37. The lowest BCUT2D eigenvalue weighted by atomic mass is 10.2. The summed E-state index contributed by atoms with van der Waals surface area (Å²) >= 11 is 1.16. The Hall–Kier alpha value is -3.92. The van der Waals surface area contributed by atoms with Crippen LogP contribution in [-0.4, -0.2) is 32.0 Å². The lowest BCUT2D eigenvalue weighted by molar-refractivity contribution is -0.115. The van der Waals surface area contributed by atoms with Crippen LogP contribution in [0.5, 0.6) is 0 Å². The number of aromatic amines is 1. The molecule has 2 aromatic heterocycles. The molecule has 0 radical (unpaired) electrons. The summed E-state index contributed by atoms with van der Waals surface area (Å²) in [5, 5.41) is 14.2. The summed E-state index contributed by atoms with van der Waals surface area (Å²) in [6, 6.07) is 12.9. The first-order valence-electron chi connectivity index (χ1n) is 9.27. The summed E-state index contributed by atoms with van der Waals surface area (Å²) in [5.74, 6) is -0.226. The van der Waals surface area contributed by atoms with Gasteiger partial charge in [0.25, 0.3) is 5.91 Å². The first-order valence-corrected chi connectivity index (χ1v) is 10.2. The minimum absolute atomic E-state index is 0.0239. The number of benzene rings is 2. The second kappa shape index (κ2) is 8.84. The molecule has 0 saturated heterocycles. The van der Waals surface area contributed by atoms with Crippen LogP contribution in [0.15, 0.2) is 53.9 Å². The molecule has 0 spiro atoms. The van der Waals surface area contributed by atoms with Gasteiger partial charge in [-0.2, -0.15) is 5.10 Å². The Morgan fingerprint density at radius 2 is 1.94 bits per heavy atom. The topological polar surface area (TPSA) is 113 Å². The summed E-state index contributed by atoms with van der Waals surface area (Å²) in [5.41, 5.74) is 1.80. The van der Waals surface area contributed by atoms with Gasteiger partial charge >= 0.3 is 0 Å². The van der Waals surface area contributed by atoms with Crippen LogP contribution in [0.2, 0.25) is 0 Å². The van der Waals surface area contributed by atoms with E-state index in [1.54, 1.807) is 29.6 Å². The molecule has 31 heavy (non-hydrogen) atoms. The zero-order valence-electron chi connectivity index (χ0n) is 16.3. The molecule has 0 aliphatic rings. The average molecular weight is 436 g/mol. The second-order valence-electron chi connectivity index (χ2n) is 6.63. The van der Waals surface area contributed by atoms with Crippen molar-refractivity contribution in [1.29, 1.82) is 0 Å². The molecule has 0 aliphatic carbocycles. The smallest absolute Gasteiger partial charge is 0.260 e. The Morgan fingerprint density at radius 1 is 1.10 bits per heavy atom. The van der Waals surface area contributed by atoms with Gasteiger partial charge < -0.3 is 5.32 Å². The molecule has 0 unspecified atom stereocenters. The molecule has 156 valence electrons. The Bertz CT molecular complexity index is 1250. The molecule has 2 heterocycles. The predicted molar refractivity (Wildman–Crippen MR) is 115 cm³/mol. The number of halogens is 1. The van der Waals surface area contributed by atoms with Crippen LogP contribution in [0.3, 0.4) is 0 Å². The van der Waals surface area contributed by atoms with Crippen molar-refractivity contribution in [2.75, 3.05) is 10.6 Å². The van der Waals surface area contributed by atoms with E-state index in [2.05, 4.69) is 30.8 Å². The number of aromatic nitrogens is 4. The number of thiazole rings is 1. The van der Waals surface area contributed by atoms with E-state index in [1.807, 2.05) is 13.0 Å². The standard InChI is InChI=1S/C21H17FN6O2S/c1-12-23-19(28-27-12)13-5-4-6-14(9-13)24-18(29)10-15-11-31-21(25-15)26-20(30)16-7-2-3-8-17(16)22/h2-9,11H,10H2,1H3,(H,24,29)(H,23,27,28)(H,25,26,30). The van der Waals surface area contributed by atoms with Crippen LogP contribution in [0, 0.1) is 12.7 Å². The number of anilines is 2. The molecule has 0 saturated carbocycles. The zero-order valence-corrected chi connectivity index (χ0v) is 17.2. The highest BCUT2D eigenvalue weighted by Crippen LogP contribution is 2.21. The number of amides is 2. The summed E-state index contributed by atoms with van der Waals surface area (Å²) in [4.78, 5) is 33.1. The molecule has 2 amide bonds. The van der Waals surface area contributed by atoms with Crippen LogP contribution < -0.4 is 10.6 Å². The maximum Gasteiger partial charge on any atom is 0.260 e. The van der Waals surface area contributed by atoms with Gasteiger partial charge in [0.1, 0.15) is 11.6 Å². The van der Waals surface area contributed by atoms with Gasteiger partial charge in [0.2, 0.25) is 5.91 Å². The molecule has 0 bridgehead atoms. The predicted octanol–water partition coefficient (Wildman–Crippen LogP) is 3.81. The number of carbonyl (C=O) groups excluding carboxylic acids is 2. The molecule has 0 aliphatic heterocycles. The number of hydrogen-bond donors (Lipinski definition) is 3. The SMILES string of the molecule is Cc1nc(-c2cccc(NC(=O)Cc3csc(NC(=O)c4ccccc4F)n3)c2)n[nH]1. The molecule has 4 aromatic rings. The van der Waals surface area contributed by atoms with Crippen molar-refractivity contribution in [3.05, 3.63) is 76.8 Å². The molecule has 8 nitrogen and oxygen atoms in total. The fourth-order valence-electron chi connectivity index (χ4n) is 2.83. The van der Waals surface area contributed by atoms with E-state index in [0.29, 0.717) is 23.0 Å². The molecule has 10 heteroatoms. The fraction of sp³-hybridized carbons (Fsp3) is 0.0952. The van der Waals surface area contributed by atoms with Gasteiger partial charge in [0.15, 0.2) is 11.0 Å². The number of hydrogen-bond acceptors (Lipinski definition) is 6.